The van der Waals surface area contributed by atoms with E-state index >= 15 is 0 Å². The molecule has 2 heterocycles. The van der Waals surface area contributed by atoms with Gasteiger partial charge in [-0.15, -0.1) is 24.0 Å². The third kappa shape index (κ3) is 7.71. The zero-order chi connectivity index (χ0) is 21.4. The molecular formula is C22H37ClIN5O2. The minimum absolute atomic E-state index is 0. The molecule has 1 atom stereocenters. The predicted octanol–water partition coefficient (Wildman–Crippen LogP) is 2.61. The molecular weight excluding hydrogens is 529 g/mol. The van der Waals surface area contributed by atoms with Crippen LogP contribution < -0.4 is 10.6 Å². The first-order valence-electron chi connectivity index (χ1n) is 10.8. The van der Waals surface area contributed by atoms with Crippen LogP contribution in [0.1, 0.15) is 25.5 Å². The molecule has 0 spiro atoms. The van der Waals surface area contributed by atoms with Crippen molar-refractivity contribution in [3.8, 4) is 0 Å². The normalized spacial score (nSPS) is 20.1. The Balaban J connectivity index is 0.00000341. The molecule has 3 rings (SSSR count). The Morgan fingerprint density at radius 3 is 2.29 bits per heavy atom. The Morgan fingerprint density at radius 2 is 1.68 bits per heavy atom. The maximum Gasteiger partial charge on any atom is 0.191 e. The summed E-state index contributed by atoms with van der Waals surface area (Å²) >= 11 is 6.55. The molecule has 0 amide bonds. The average molecular weight is 566 g/mol. The lowest BCUT2D eigenvalue weighted by Crippen LogP contribution is -2.57. The number of aliphatic imine (C=N–C) groups is 1. The van der Waals surface area contributed by atoms with Crippen LogP contribution >= 0.6 is 35.6 Å². The Hall–Kier alpha value is -0.650. The van der Waals surface area contributed by atoms with Crippen LogP contribution in [0.4, 0.5) is 0 Å². The Labute approximate surface area is 208 Å². The number of benzene rings is 1. The van der Waals surface area contributed by atoms with E-state index in [1.165, 1.54) is 0 Å². The number of nitrogens with zero attached hydrogens (tertiary/aromatic N) is 3. The molecule has 0 bridgehead atoms. The van der Waals surface area contributed by atoms with Gasteiger partial charge in [-0.25, -0.2) is 0 Å². The first-order valence-corrected chi connectivity index (χ1v) is 11.2. The number of hydrogen-bond donors (Lipinski definition) is 2. The Morgan fingerprint density at radius 1 is 1.06 bits per heavy atom. The maximum atomic E-state index is 6.55. The number of morpholine rings is 2. The summed E-state index contributed by atoms with van der Waals surface area (Å²) in [6, 6.07) is 8.26. The lowest BCUT2D eigenvalue weighted by Gasteiger charge is -2.41. The van der Waals surface area contributed by atoms with Gasteiger partial charge in [0.25, 0.3) is 0 Å². The van der Waals surface area contributed by atoms with Crippen LogP contribution in [0.25, 0.3) is 0 Å². The van der Waals surface area contributed by atoms with E-state index in [0.29, 0.717) is 0 Å². The molecule has 9 heteroatoms. The highest BCUT2D eigenvalue weighted by atomic mass is 127. The van der Waals surface area contributed by atoms with E-state index < -0.39 is 0 Å². The van der Waals surface area contributed by atoms with Crippen molar-refractivity contribution in [1.29, 1.82) is 0 Å². The molecule has 2 aliphatic heterocycles. The van der Waals surface area contributed by atoms with Gasteiger partial charge in [-0.1, -0.05) is 29.8 Å². The van der Waals surface area contributed by atoms with E-state index in [9.17, 15) is 0 Å². The minimum atomic E-state index is 0. The maximum absolute atomic E-state index is 6.55. The molecule has 0 saturated carbocycles. The fraction of sp³-hybridized carbons (Fsp3) is 0.682. The molecule has 2 aliphatic rings. The summed E-state index contributed by atoms with van der Waals surface area (Å²) in [7, 11) is 1.82. The van der Waals surface area contributed by atoms with Crippen LogP contribution in [0.2, 0.25) is 5.02 Å². The minimum Gasteiger partial charge on any atom is -0.379 e. The van der Waals surface area contributed by atoms with Gasteiger partial charge in [0.2, 0.25) is 0 Å². The highest BCUT2D eigenvalue weighted by Gasteiger charge is 2.29. The van der Waals surface area contributed by atoms with Crippen molar-refractivity contribution in [3.63, 3.8) is 0 Å². The van der Waals surface area contributed by atoms with Crippen LogP contribution in [-0.2, 0) is 9.47 Å². The highest BCUT2D eigenvalue weighted by molar-refractivity contribution is 14.0. The molecule has 1 aromatic rings. The highest BCUT2D eigenvalue weighted by Crippen LogP contribution is 2.27. The summed E-state index contributed by atoms with van der Waals surface area (Å²) < 4.78 is 11.0. The lowest BCUT2D eigenvalue weighted by molar-refractivity contribution is -0.00836. The monoisotopic (exact) mass is 565 g/mol. The van der Waals surface area contributed by atoms with E-state index in [2.05, 4.69) is 45.3 Å². The molecule has 0 aliphatic carbocycles. The number of hydrogen-bond acceptors (Lipinski definition) is 5. The van der Waals surface area contributed by atoms with Crippen LogP contribution in [-0.4, -0.2) is 94.0 Å². The van der Waals surface area contributed by atoms with Crippen molar-refractivity contribution in [2.45, 2.75) is 25.4 Å². The number of guanidine groups is 1. The third-order valence-corrected chi connectivity index (χ3v) is 6.34. The number of nitrogens with one attached hydrogen (secondary N) is 2. The zero-order valence-electron chi connectivity index (χ0n) is 18.9. The van der Waals surface area contributed by atoms with Gasteiger partial charge >= 0.3 is 0 Å². The number of ether oxygens (including phenoxy) is 2. The second-order valence-corrected chi connectivity index (χ2v) is 8.81. The quantitative estimate of drug-likeness (QED) is 0.301. The Bertz CT molecular complexity index is 694. The molecule has 2 fully saturated rings. The van der Waals surface area contributed by atoms with Gasteiger partial charge in [-0.3, -0.25) is 14.8 Å². The van der Waals surface area contributed by atoms with Crippen LogP contribution in [0.15, 0.2) is 29.3 Å². The van der Waals surface area contributed by atoms with E-state index in [-0.39, 0.29) is 35.6 Å². The molecule has 1 unspecified atom stereocenters. The van der Waals surface area contributed by atoms with E-state index in [4.69, 9.17) is 21.1 Å². The van der Waals surface area contributed by atoms with Gasteiger partial charge in [0.15, 0.2) is 5.96 Å². The third-order valence-electron chi connectivity index (χ3n) is 5.99. The first kappa shape index (κ1) is 26.6. The van der Waals surface area contributed by atoms with Gasteiger partial charge < -0.3 is 20.1 Å². The summed E-state index contributed by atoms with van der Waals surface area (Å²) in [5, 5.41) is 7.83. The van der Waals surface area contributed by atoms with Gasteiger partial charge in [0, 0.05) is 56.9 Å². The van der Waals surface area contributed by atoms with Crippen molar-refractivity contribution in [3.05, 3.63) is 34.9 Å². The van der Waals surface area contributed by atoms with Crippen molar-refractivity contribution in [1.82, 2.24) is 20.4 Å². The average Bonchev–Trinajstić information content (AvgIpc) is 2.78. The van der Waals surface area contributed by atoms with Crippen molar-refractivity contribution in [2.75, 3.05) is 72.7 Å². The second kappa shape index (κ2) is 13.2. The summed E-state index contributed by atoms with van der Waals surface area (Å²) in [4.78, 5) is 9.35. The SMILES string of the molecule is CN=C(NCC(c1ccccc1Cl)N1CCOCC1)NCC(C)(C)N1CCOCC1.I. The van der Waals surface area contributed by atoms with Gasteiger partial charge in [0.1, 0.15) is 0 Å². The van der Waals surface area contributed by atoms with Crippen LogP contribution in [0.5, 0.6) is 0 Å². The zero-order valence-corrected chi connectivity index (χ0v) is 22.0. The lowest BCUT2D eigenvalue weighted by atomic mass is 10.0. The van der Waals surface area contributed by atoms with Gasteiger partial charge in [-0.2, -0.15) is 0 Å². The first-order chi connectivity index (χ1) is 14.5. The summed E-state index contributed by atoms with van der Waals surface area (Å²) in [6.45, 7) is 12.9. The summed E-state index contributed by atoms with van der Waals surface area (Å²) in [5.41, 5.74) is 1.16. The smallest absolute Gasteiger partial charge is 0.191 e. The van der Waals surface area contributed by atoms with E-state index in [1.807, 2.05) is 25.2 Å². The van der Waals surface area contributed by atoms with E-state index in [0.717, 1.165) is 82.2 Å². The van der Waals surface area contributed by atoms with Gasteiger partial charge in [-0.05, 0) is 25.5 Å². The predicted molar refractivity (Wildman–Crippen MR) is 138 cm³/mol. The van der Waals surface area contributed by atoms with Gasteiger partial charge in [0.05, 0.1) is 32.5 Å². The number of halogens is 2. The van der Waals surface area contributed by atoms with Crippen LogP contribution in [0.3, 0.4) is 0 Å². The topological polar surface area (TPSA) is 61.4 Å². The molecule has 0 aromatic heterocycles. The fourth-order valence-electron chi connectivity index (χ4n) is 4.06. The molecule has 2 saturated heterocycles. The van der Waals surface area contributed by atoms with Crippen molar-refractivity contribution >= 4 is 41.5 Å². The Kier molecular flexibility index (Phi) is 11.3. The molecule has 1 aromatic carbocycles. The molecule has 7 nitrogen and oxygen atoms in total. The van der Waals surface area contributed by atoms with Crippen LogP contribution in [0, 0.1) is 0 Å². The fourth-order valence-corrected chi connectivity index (χ4v) is 4.33. The van der Waals surface area contributed by atoms with Crippen molar-refractivity contribution in [2.24, 2.45) is 4.99 Å². The number of rotatable bonds is 7. The largest absolute Gasteiger partial charge is 0.379 e. The van der Waals surface area contributed by atoms with Crippen molar-refractivity contribution < 1.29 is 9.47 Å². The summed E-state index contributed by atoms with van der Waals surface area (Å²) in [5.74, 6) is 0.807. The molecule has 176 valence electrons. The summed E-state index contributed by atoms with van der Waals surface area (Å²) in [6.07, 6.45) is 0. The second-order valence-electron chi connectivity index (χ2n) is 8.40. The van der Waals surface area contributed by atoms with E-state index in [1.54, 1.807) is 0 Å². The molecule has 31 heavy (non-hydrogen) atoms. The standard InChI is InChI=1S/C22H36ClN5O2.HI/c1-22(2,28-10-14-30-15-11-28)17-26-21(24-3)25-16-20(27-8-12-29-13-9-27)18-6-4-5-7-19(18)23;/h4-7,20H,8-17H2,1-3H3,(H2,24,25,26);1H. The molecule has 0 radical (unpaired) electrons. The molecule has 2 N–H and O–H groups in total.